The number of aromatic nitrogens is 2. The molecule has 0 amide bonds. The number of halogens is 1. The summed E-state index contributed by atoms with van der Waals surface area (Å²) in [5.74, 6) is 0. The van der Waals surface area contributed by atoms with Gasteiger partial charge in [-0.3, -0.25) is 9.58 Å². The van der Waals surface area contributed by atoms with E-state index in [-0.39, 0.29) is 6.04 Å². The second-order valence-corrected chi connectivity index (χ2v) is 5.52. The van der Waals surface area contributed by atoms with E-state index in [2.05, 4.69) is 29.0 Å². The van der Waals surface area contributed by atoms with Gasteiger partial charge in [0.1, 0.15) is 6.10 Å². The van der Waals surface area contributed by atoms with Gasteiger partial charge in [0.2, 0.25) is 0 Å². The Balaban J connectivity index is 2.23. The Morgan fingerprint density at radius 3 is 2.72 bits per heavy atom. The molecule has 0 aliphatic carbocycles. The van der Waals surface area contributed by atoms with Crippen LogP contribution in [0.15, 0.2) is 6.20 Å². The molecule has 6 heteroatoms. The molecule has 0 spiro atoms. The summed E-state index contributed by atoms with van der Waals surface area (Å²) in [6.45, 7) is 2.88. The topological polar surface area (TPSA) is 44.5 Å². The molecule has 1 aliphatic rings. The van der Waals surface area contributed by atoms with Gasteiger partial charge in [-0.2, -0.15) is 5.10 Å². The van der Waals surface area contributed by atoms with E-state index >= 15 is 0 Å². The summed E-state index contributed by atoms with van der Waals surface area (Å²) in [5, 5.41) is 15.2. The first-order chi connectivity index (χ1) is 8.50. The van der Waals surface area contributed by atoms with E-state index in [1.807, 2.05) is 7.05 Å². The first kappa shape index (κ1) is 13.8. The average Bonchev–Trinajstić information content (AvgIpc) is 2.54. The van der Waals surface area contributed by atoms with Crippen molar-refractivity contribution in [1.82, 2.24) is 19.6 Å². The van der Waals surface area contributed by atoms with Gasteiger partial charge in [-0.05, 0) is 33.6 Å². The Hall–Kier alpha value is -0.620. The fourth-order valence-corrected chi connectivity index (χ4v) is 2.86. The molecule has 1 aromatic heterocycles. The molecule has 2 rings (SSSR count). The van der Waals surface area contributed by atoms with Crippen molar-refractivity contribution in [2.45, 2.75) is 18.6 Å². The van der Waals surface area contributed by atoms with Crippen LogP contribution in [0.25, 0.3) is 0 Å². The minimum Gasteiger partial charge on any atom is -0.385 e. The average molecular weight is 273 g/mol. The normalized spacial score (nSPS) is 25.1. The van der Waals surface area contributed by atoms with Gasteiger partial charge < -0.3 is 10.0 Å². The van der Waals surface area contributed by atoms with Crippen LogP contribution in [-0.2, 0) is 7.05 Å². The predicted octanol–water partition coefficient (Wildman–Crippen LogP) is 0.743. The molecule has 1 saturated heterocycles. The van der Waals surface area contributed by atoms with Crippen LogP contribution >= 0.6 is 11.6 Å². The highest BCUT2D eigenvalue weighted by Gasteiger charge is 2.31. The molecule has 0 bridgehead atoms. The molecule has 5 nitrogen and oxygen atoms in total. The molecule has 1 aliphatic heterocycles. The predicted molar refractivity (Wildman–Crippen MR) is 71.7 cm³/mol. The van der Waals surface area contributed by atoms with Gasteiger partial charge in [-0.15, -0.1) is 0 Å². The van der Waals surface area contributed by atoms with E-state index in [0.717, 1.165) is 26.1 Å². The van der Waals surface area contributed by atoms with Gasteiger partial charge in [-0.25, -0.2) is 0 Å². The van der Waals surface area contributed by atoms with Crippen LogP contribution in [-0.4, -0.2) is 64.5 Å². The zero-order valence-corrected chi connectivity index (χ0v) is 11.9. The van der Waals surface area contributed by atoms with Crippen molar-refractivity contribution in [3.8, 4) is 0 Å². The monoisotopic (exact) mass is 272 g/mol. The Morgan fingerprint density at radius 2 is 2.11 bits per heavy atom. The van der Waals surface area contributed by atoms with Crippen LogP contribution in [0, 0.1) is 0 Å². The van der Waals surface area contributed by atoms with E-state index in [9.17, 15) is 5.11 Å². The summed E-state index contributed by atoms with van der Waals surface area (Å²) in [7, 11) is 5.95. The number of nitrogens with zero attached hydrogens (tertiary/aromatic N) is 4. The molecule has 2 heterocycles. The number of aliphatic hydroxyl groups is 1. The highest BCUT2D eigenvalue weighted by atomic mass is 35.5. The lowest BCUT2D eigenvalue weighted by Gasteiger charge is -2.31. The molecule has 102 valence electrons. The number of likely N-dealkylation sites (N-methyl/N-ethyl adjacent to an activating group) is 2. The second-order valence-electron chi connectivity index (χ2n) is 5.11. The highest BCUT2D eigenvalue weighted by molar-refractivity contribution is 6.31. The summed E-state index contributed by atoms with van der Waals surface area (Å²) < 4.78 is 1.66. The van der Waals surface area contributed by atoms with Gasteiger partial charge in [0, 0.05) is 13.6 Å². The maximum atomic E-state index is 10.6. The standard InChI is InChI=1S/C12H21ClN4O/c1-15-5-4-6-16(2)10(8-15)12(18)11-9(13)7-14-17(11)3/h7,10,12,18H,4-6,8H2,1-3H3. The molecule has 1 N–H and O–H groups in total. The van der Waals surface area contributed by atoms with Crippen LogP contribution in [0.2, 0.25) is 5.02 Å². The van der Waals surface area contributed by atoms with E-state index < -0.39 is 6.10 Å². The maximum absolute atomic E-state index is 10.6. The van der Waals surface area contributed by atoms with E-state index in [4.69, 9.17) is 11.6 Å². The fraction of sp³-hybridized carbons (Fsp3) is 0.750. The van der Waals surface area contributed by atoms with E-state index in [1.165, 1.54) is 0 Å². The van der Waals surface area contributed by atoms with Gasteiger partial charge in [0.05, 0.1) is 23.0 Å². The van der Waals surface area contributed by atoms with Crippen molar-refractivity contribution in [2.75, 3.05) is 33.7 Å². The number of rotatable bonds is 2. The van der Waals surface area contributed by atoms with Crippen LogP contribution in [0.3, 0.4) is 0 Å². The molecule has 18 heavy (non-hydrogen) atoms. The molecule has 0 saturated carbocycles. The third-order valence-electron chi connectivity index (χ3n) is 3.70. The molecule has 0 aromatic carbocycles. The third kappa shape index (κ3) is 2.69. The SMILES string of the molecule is CN1CCCN(C)C(C(O)c2c(Cl)cnn2C)C1. The molecule has 0 radical (unpaired) electrons. The van der Waals surface area contributed by atoms with Crippen molar-refractivity contribution in [2.24, 2.45) is 7.05 Å². The van der Waals surface area contributed by atoms with Crippen molar-refractivity contribution in [3.63, 3.8) is 0 Å². The van der Waals surface area contributed by atoms with Crippen molar-refractivity contribution < 1.29 is 5.11 Å². The molecular formula is C12H21ClN4O. The number of aliphatic hydroxyl groups excluding tert-OH is 1. The lowest BCUT2D eigenvalue weighted by Crippen LogP contribution is -2.42. The first-order valence-corrected chi connectivity index (χ1v) is 6.62. The molecular weight excluding hydrogens is 252 g/mol. The zero-order valence-electron chi connectivity index (χ0n) is 11.2. The Bertz CT molecular complexity index is 389. The van der Waals surface area contributed by atoms with Gasteiger partial charge in [0.15, 0.2) is 0 Å². The highest BCUT2D eigenvalue weighted by Crippen LogP contribution is 2.27. The zero-order chi connectivity index (χ0) is 13.3. The van der Waals surface area contributed by atoms with Crippen molar-refractivity contribution in [3.05, 3.63) is 16.9 Å². The van der Waals surface area contributed by atoms with Gasteiger partial charge in [-0.1, -0.05) is 11.6 Å². The Labute approximate surface area is 113 Å². The Morgan fingerprint density at radius 1 is 1.39 bits per heavy atom. The van der Waals surface area contributed by atoms with Gasteiger partial charge in [0.25, 0.3) is 0 Å². The Kier molecular flexibility index (Phi) is 4.27. The minimum absolute atomic E-state index is 0.0467. The third-order valence-corrected chi connectivity index (χ3v) is 3.99. The van der Waals surface area contributed by atoms with Crippen LogP contribution in [0.5, 0.6) is 0 Å². The molecule has 1 aromatic rings. The number of hydrogen-bond donors (Lipinski definition) is 1. The van der Waals surface area contributed by atoms with Crippen LogP contribution in [0.4, 0.5) is 0 Å². The summed E-state index contributed by atoms with van der Waals surface area (Å²) >= 11 is 6.11. The van der Waals surface area contributed by atoms with Crippen molar-refractivity contribution >= 4 is 11.6 Å². The minimum atomic E-state index is -0.615. The smallest absolute Gasteiger partial charge is 0.114 e. The molecule has 2 atom stereocenters. The van der Waals surface area contributed by atoms with E-state index in [0.29, 0.717) is 10.7 Å². The summed E-state index contributed by atoms with van der Waals surface area (Å²) in [5.41, 5.74) is 0.698. The summed E-state index contributed by atoms with van der Waals surface area (Å²) in [4.78, 5) is 4.46. The van der Waals surface area contributed by atoms with Gasteiger partial charge >= 0.3 is 0 Å². The number of aryl methyl sites for hydroxylation is 1. The second kappa shape index (κ2) is 5.57. The number of hydrogen-bond acceptors (Lipinski definition) is 4. The van der Waals surface area contributed by atoms with Crippen LogP contribution < -0.4 is 0 Å². The van der Waals surface area contributed by atoms with Crippen LogP contribution in [0.1, 0.15) is 18.2 Å². The molecule has 1 fully saturated rings. The molecule has 2 unspecified atom stereocenters. The lowest BCUT2D eigenvalue weighted by atomic mass is 10.1. The first-order valence-electron chi connectivity index (χ1n) is 6.25. The fourth-order valence-electron chi connectivity index (χ4n) is 2.58. The van der Waals surface area contributed by atoms with Crippen molar-refractivity contribution in [1.29, 1.82) is 0 Å². The maximum Gasteiger partial charge on any atom is 0.114 e. The summed E-state index contributed by atoms with van der Waals surface area (Å²) in [6, 6.07) is 0.0467. The van der Waals surface area contributed by atoms with E-state index in [1.54, 1.807) is 10.9 Å². The quantitative estimate of drug-likeness (QED) is 0.863. The summed E-state index contributed by atoms with van der Waals surface area (Å²) in [6.07, 6.45) is 2.09. The largest absolute Gasteiger partial charge is 0.385 e. The lowest BCUT2D eigenvalue weighted by molar-refractivity contribution is 0.0518.